The topological polar surface area (TPSA) is 78.4 Å². The van der Waals surface area contributed by atoms with Crippen molar-refractivity contribution in [1.82, 2.24) is 10.6 Å². The van der Waals surface area contributed by atoms with Gasteiger partial charge in [0.1, 0.15) is 0 Å². The molecule has 0 aromatic heterocycles. The van der Waals surface area contributed by atoms with Crippen molar-refractivity contribution in [1.29, 1.82) is 0 Å². The van der Waals surface area contributed by atoms with E-state index in [2.05, 4.69) is 10.6 Å². The molecular formula is C13H24N2O3. The van der Waals surface area contributed by atoms with Gasteiger partial charge in [-0.15, -0.1) is 0 Å². The van der Waals surface area contributed by atoms with Crippen LogP contribution in [0.4, 0.5) is 4.79 Å². The first-order valence-corrected chi connectivity index (χ1v) is 6.84. The Morgan fingerprint density at radius 3 is 2.56 bits per heavy atom. The molecule has 0 aliphatic heterocycles. The van der Waals surface area contributed by atoms with Crippen LogP contribution in [0.25, 0.3) is 0 Å². The van der Waals surface area contributed by atoms with Gasteiger partial charge >= 0.3 is 12.0 Å². The molecular weight excluding hydrogens is 232 g/mol. The van der Waals surface area contributed by atoms with Gasteiger partial charge in [-0.2, -0.15) is 0 Å². The molecule has 1 aliphatic rings. The van der Waals surface area contributed by atoms with Crippen molar-refractivity contribution in [2.45, 2.75) is 64.5 Å². The van der Waals surface area contributed by atoms with Crippen LogP contribution < -0.4 is 10.6 Å². The number of carboxylic acids is 1. The molecule has 104 valence electrons. The van der Waals surface area contributed by atoms with Crippen LogP contribution in [0.5, 0.6) is 0 Å². The minimum absolute atomic E-state index is 0.110. The largest absolute Gasteiger partial charge is 0.481 e. The van der Waals surface area contributed by atoms with E-state index in [0.29, 0.717) is 6.42 Å². The van der Waals surface area contributed by atoms with E-state index in [1.807, 2.05) is 13.8 Å². The van der Waals surface area contributed by atoms with Gasteiger partial charge in [0, 0.05) is 12.1 Å². The molecule has 1 aliphatic carbocycles. The first kappa shape index (κ1) is 14.8. The van der Waals surface area contributed by atoms with Crippen LogP contribution in [0, 0.1) is 5.92 Å². The standard InChI is InChI=1S/C13H24N2O3/c1-3-9(2)14-13(18)15-11-8-6-4-5-7-10(11)12(16)17/h9-11H,3-8H2,1-2H3,(H,16,17)(H2,14,15,18). The zero-order chi connectivity index (χ0) is 13.5. The zero-order valence-corrected chi connectivity index (χ0v) is 11.2. The molecule has 1 fully saturated rings. The number of aliphatic carboxylic acids is 1. The maximum atomic E-state index is 11.7. The average molecular weight is 256 g/mol. The van der Waals surface area contributed by atoms with Gasteiger partial charge < -0.3 is 15.7 Å². The van der Waals surface area contributed by atoms with Gasteiger partial charge in [-0.25, -0.2) is 4.79 Å². The first-order valence-electron chi connectivity index (χ1n) is 6.84. The lowest BCUT2D eigenvalue weighted by atomic mass is 9.95. The van der Waals surface area contributed by atoms with Crippen LogP contribution in [0.2, 0.25) is 0 Å². The molecule has 3 atom stereocenters. The summed E-state index contributed by atoms with van der Waals surface area (Å²) in [5.74, 6) is -1.25. The Morgan fingerprint density at radius 1 is 1.28 bits per heavy atom. The van der Waals surface area contributed by atoms with E-state index in [-0.39, 0.29) is 18.1 Å². The summed E-state index contributed by atoms with van der Waals surface area (Å²) in [6.45, 7) is 3.93. The number of urea groups is 1. The van der Waals surface area contributed by atoms with Crippen LogP contribution in [-0.2, 0) is 4.79 Å². The minimum Gasteiger partial charge on any atom is -0.481 e. The van der Waals surface area contributed by atoms with E-state index < -0.39 is 11.9 Å². The third-order valence-electron chi connectivity index (χ3n) is 3.64. The Kier molecular flexibility index (Phi) is 5.95. The molecule has 5 nitrogen and oxygen atoms in total. The van der Waals surface area contributed by atoms with Crippen LogP contribution in [0.3, 0.4) is 0 Å². The Balaban J connectivity index is 2.55. The molecule has 0 saturated heterocycles. The van der Waals surface area contributed by atoms with Gasteiger partial charge in [0.2, 0.25) is 0 Å². The fourth-order valence-electron chi connectivity index (χ4n) is 2.31. The molecule has 0 aromatic rings. The summed E-state index contributed by atoms with van der Waals surface area (Å²) in [6.07, 6.45) is 5.24. The van der Waals surface area contributed by atoms with E-state index in [1.165, 1.54) is 0 Å². The van der Waals surface area contributed by atoms with Crippen LogP contribution in [0.1, 0.15) is 52.4 Å². The molecule has 5 heteroatoms. The number of nitrogens with one attached hydrogen (secondary N) is 2. The maximum absolute atomic E-state index is 11.7. The maximum Gasteiger partial charge on any atom is 0.315 e. The highest BCUT2D eigenvalue weighted by Crippen LogP contribution is 2.23. The number of amides is 2. The fraction of sp³-hybridized carbons (Fsp3) is 0.846. The third-order valence-corrected chi connectivity index (χ3v) is 3.64. The predicted octanol–water partition coefficient (Wildman–Crippen LogP) is 2.12. The highest BCUT2D eigenvalue weighted by atomic mass is 16.4. The SMILES string of the molecule is CCC(C)NC(=O)NC1CCCCCC1C(=O)O. The van der Waals surface area contributed by atoms with Gasteiger partial charge in [-0.05, 0) is 26.2 Å². The van der Waals surface area contributed by atoms with Gasteiger partial charge in [-0.1, -0.05) is 26.2 Å². The molecule has 0 spiro atoms. The highest BCUT2D eigenvalue weighted by Gasteiger charge is 2.30. The van der Waals surface area contributed by atoms with Crippen molar-refractivity contribution in [3.05, 3.63) is 0 Å². The minimum atomic E-state index is -0.800. The molecule has 3 N–H and O–H groups in total. The van der Waals surface area contributed by atoms with Crippen LogP contribution in [0.15, 0.2) is 0 Å². The lowest BCUT2D eigenvalue weighted by Gasteiger charge is -2.24. The molecule has 0 aromatic carbocycles. The molecule has 18 heavy (non-hydrogen) atoms. The van der Waals surface area contributed by atoms with Crippen molar-refractivity contribution in [2.24, 2.45) is 5.92 Å². The molecule has 0 heterocycles. The molecule has 1 saturated carbocycles. The van der Waals surface area contributed by atoms with Gasteiger partial charge in [0.15, 0.2) is 0 Å². The van der Waals surface area contributed by atoms with E-state index in [4.69, 9.17) is 0 Å². The molecule has 3 unspecified atom stereocenters. The second-order valence-corrected chi connectivity index (χ2v) is 5.12. The summed E-state index contributed by atoms with van der Waals surface area (Å²) in [7, 11) is 0. The van der Waals surface area contributed by atoms with E-state index in [0.717, 1.165) is 32.1 Å². The number of rotatable bonds is 4. The van der Waals surface area contributed by atoms with Crippen LogP contribution >= 0.6 is 0 Å². The number of carbonyl (C=O) groups excluding carboxylic acids is 1. The lowest BCUT2D eigenvalue weighted by Crippen LogP contribution is -2.49. The quantitative estimate of drug-likeness (QED) is 0.674. The zero-order valence-electron chi connectivity index (χ0n) is 11.2. The summed E-state index contributed by atoms with van der Waals surface area (Å²) in [4.78, 5) is 23.0. The highest BCUT2D eigenvalue weighted by molar-refractivity contribution is 5.76. The number of hydrogen-bond acceptors (Lipinski definition) is 2. The van der Waals surface area contributed by atoms with Gasteiger partial charge in [-0.3, -0.25) is 4.79 Å². The van der Waals surface area contributed by atoms with Gasteiger partial charge in [0.25, 0.3) is 0 Å². The average Bonchev–Trinajstić information content (AvgIpc) is 2.54. The van der Waals surface area contributed by atoms with Crippen molar-refractivity contribution in [2.75, 3.05) is 0 Å². The Labute approximate surface area is 108 Å². The number of hydrogen-bond donors (Lipinski definition) is 3. The fourth-order valence-corrected chi connectivity index (χ4v) is 2.31. The molecule has 2 amide bonds. The molecule has 1 rings (SSSR count). The predicted molar refractivity (Wildman–Crippen MR) is 69.4 cm³/mol. The summed E-state index contributed by atoms with van der Waals surface area (Å²) < 4.78 is 0. The number of carboxylic acid groups (broad SMARTS) is 1. The molecule has 0 radical (unpaired) electrons. The van der Waals surface area contributed by atoms with E-state index in [1.54, 1.807) is 0 Å². The van der Waals surface area contributed by atoms with Gasteiger partial charge in [0.05, 0.1) is 5.92 Å². The van der Waals surface area contributed by atoms with Crippen molar-refractivity contribution in [3.63, 3.8) is 0 Å². The van der Waals surface area contributed by atoms with E-state index >= 15 is 0 Å². The normalized spacial score (nSPS) is 25.9. The van der Waals surface area contributed by atoms with Crippen molar-refractivity contribution < 1.29 is 14.7 Å². The summed E-state index contributed by atoms with van der Waals surface area (Å²) >= 11 is 0. The lowest BCUT2D eigenvalue weighted by molar-refractivity contribution is -0.142. The summed E-state index contributed by atoms with van der Waals surface area (Å²) in [5.41, 5.74) is 0. The van der Waals surface area contributed by atoms with Crippen molar-refractivity contribution in [3.8, 4) is 0 Å². The second kappa shape index (κ2) is 7.24. The monoisotopic (exact) mass is 256 g/mol. The summed E-state index contributed by atoms with van der Waals surface area (Å²) in [6, 6.07) is -0.379. The Hall–Kier alpha value is -1.26. The number of carbonyl (C=O) groups is 2. The first-order chi connectivity index (χ1) is 8.54. The Bertz CT molecular complexity index is 294. The third kappa shape index (κ3) is 4.55. The second-order valence-electron chi connectivity index (χ2n) is 5.12. The Morgan fingerprint density at radius 2 is 1.94 bits per heavy atom. The smallest absolute Gasteiger partial charge is 0.315 e. The van der Waals surface area contributed by atoms with Crippen molar-refractivity contribution >= 4 is 12.0 Å². The van der Waals surface area contributed by atoms with Crippen LogP contribution in [-0.4, -0.2) is 29.2 Å². The molecule has 0 bridgehead atoms. The summed E-state index contributed by atoms with van der Waals surface area (Å²) in [5, 5.41) is 14.8. The van der Waals surface area contributed by atoms with E-state index in [9.17, 15) is 14.7 Å².